The van der Waals surface area contributed by atoms with E-state index in [0.717, 1.165) is 71.8 Å². The van der Waals surface area contributed by atoms with Crippen LogP contribution in [0.2, 0.25) is 0 Å². The van der Waals surface area contributed by atoms with Crippen molar-refractivity contribution in [1.29, 1.82) is 0 Å². The Morgan fingerprint density at radius 3 is 1.77 bits per heavy atom. The van der Waals surface area contributed by atoms with Crippen LogP contribution in [0, 0.1) is 0 Å². The molecule has 0 saturated heterocycles. The van der Waals surface area contributed by atoms with Gasteiger partial charge in [-0.05, 0) is 92.3 Å². The van der Waals surface area contributed by atoms with Crippen LogP contribution < -0.4 is 0 Å². The van der Waals surface area contributed by atoms with Crippen molar-refractivity contribution >= 4 is 65.6 Å². The standard InChI is InChI=1S/C48H28N2O2/c1-2-10-29(11-3-1)32-19-20-34-25-35(22-21-33(34)24-32)37-27-40(44-38-14-6-8-16-41(38)51-43(44)28-37)46-47-45(39-15-7-9-17-42(39)52-47)49-48(50-46)36-23-18-30-12-4-5-13-31(30)26-36/h1-28H. The zero-order chi connectivity index (χ0) is 34.2. The molecule has 0 radical (unpaired) electrons. The van der Waals surface area contributed by atoms with Crippen molar-refractivity contribution in [3.05, 3.63) is 170 Å². The second kappa shape index (κ2) is 11.2. The third-order valence-corrected chi connectivity index (χ3v) is 10.2. The van der Waals surface area contributed by atoms with Crippen LogP contribution in [-0.4, -0.2) is 9.97 Å². The van der Waals surface area contributed by atoms with Crippen LogP contribution in [-0.2, 0) is 0 Å². The van der Waals surface area contributed by atoms with Crippen LogP contribution >= 0.6 is 0 Å². The van der Waals surface area contributed by atoms with Gasteiger partial charge in [0.2, 0.25) is 0 Å². The van der Waals surface area contributed by atoms with Crippen molar-refractivity contribution in [3.8, 4) is 44.9 Å². The lowest BCUT2D eigenvalue weighted by atomic mass is 9.94. The van der Waals surface area contributed by atoms with E-state index in [1.165, 1.54) is 27.3 Å². The maximum absolute atomic E-state index is 6.63. The summed E-state index contributed by atoms with van der Waals surface area (Å²) in [7, 11) is 0. The average Bonchev–Trinajstić information content (AvgIpc) is 3.78. The molecule has 0 fully saturated rings. The maximum Gasteiger partial charge on any atom is 0.180 e. The number of hydrogen-bond donors (Lipinski definition) is 0. The summed E-state index contributed by atoms with van der Waals surface area (Å²) in [6.07, 6.45) is 0. The van der Waals surface area contributed by atoms with Gasteiger partial charge >= 0.3 is 0 Å². The molecule has 52 heavy (non-hydrogen) atoms. The minimum atomic E-state index is 0.645. The summed E-state index contributed by atoms with van der Waals surface area (Å²) in [6.45, 7) is 0. The number of rotatable bonds is 4. The van der Waals surface area contributed by atoms with E-state index in [-0.39, 0.29) is 0 Å². The van der Waals surface area contributed by atoms with Gasteiger partial charge in [-0.25, -0.2) is 9.97 Å². The first-order chi connectivity index (χ1) is 25.7. The van der Waals surface area contributed by atoms with Crippen molar-refractivity contribution in [3.63, 3.8) is 0 Å². The largest absolute Gasteiger partial charge is 0.456 e. The lowest BCUT2D eigenvalue weighted by Crippen LogP contribution is -1.95. The van der Waals surface area contributed by atoms with Crippen LogP contribution in [0.5, 0.6) is 0 Å². The van der Waals surface area contributed by atoms with E-state index >= 15 is 0 Å². The van der Waals surface area contributed by atoms with Gasteiger partial charge in [0, 0.05) is 27.3 Å². The molecule has 3 heterocycles. The number of furan rings is 2. The Hall–Kier alpha value is -7.04. The molecule has 0 bridgehead atoms. The summed E-state index contributed by atoms with van der Waals surface area (Å²) in [4.78, 5) is 10.5. The molecule has 0 N–H and O–H groups in total. The highest BCUT2D eigenvalue weighted by Crippen LogP contribution is 2.44. The second-order valence-corrected chi connectivity index (χ2v) is 13.4. The molecule has 0 amide bonds. The Bertz CT molecular complexity index is 3190. The number of hydrogen-bond acceptors (Lipinski definition) is 4. The van der Waals surface area contributed by atoms with Crippen molar-refractivity contribution < 1.29 is 8.83 Å². The summed E-state index contributed by atoms with van der Waals surface area (Å²) in [6, 6.07) is 59.3. The van der Waals surface area contributed by atoms with Crippen molar-refractivity contribution in [1.82, 2.24) is 9.97 Å². The maximum atomic E-state index is 6.63. The van der Waals surface area contributed by atoms with Crippen LogP contribution in [0.4, 0.5) is 0 Å². The minimum absolute atomic E-state index is 0.645. The van der Waals surface area contributed by atoms with E-state index < -0.39 is 0 Å². The molecule has 242 valence electrons. The van der Waals surface area contributed by atoms with Crippen molar-refractivity contribution in [2.24, 2.45) is 0 Å². The fourth-order valence-electron chi connectivity index (χ4n) is 7.67. The van der Waals surface area contributed by atoms with E-state index in [9.17, 15) is 0 Å². The molecule has 0 saturated carbocycles. The summed E-state index contributed by atoms with van der Waals surface area (Å²) < 4.78 is 13.2. The molecular weight excluding hydrogens is 637 g/mol. The van der Waals surface area contributed by atoms with Crippen LogP contribution in [0.25, 0.3) is 110 Å². The number of para-hydroxylation sites is 2. The number of nitrogens with zero attached hydrogens (tertiary/aromatic N) is 2. The van der Waals surface area contributed by atoms with Gasteiger partial charge in [0.25, 0.3) is 0 Å². The first-order valence-corrected chi connectivity index (χ1v) is 17.5. The van der Waals surface area contributed by atoms with Crippen molar-refractivity contribution in [2.75, 3.05) is 0 Å². The van der Waals surface area contributed by atoms with Gasteiger partial charge in [0.05, 0.1) is 0 Å². The predicted molar refractivity (Wildman–Crippen MR) is 213 cm³/mol. The zero-order valence-electron chi connectivity index (χ0n) is 27.9. The molecule has 0 aliphatic rings. The Morgan fingerprint density at radius 2 is 0.962 bits per heavy atom. The molecule has 4 heteroatoms. The van der Waals surface area contributed by atoms with E-state index in [4.69, 9.17) is 18.8 Å². The highest BCUT2D eigenvalue weighted by atomic mass is 16.3. The molecule has 11 aromatic rings. The van der Waals surface area contributed by atoms with E-state index in [0.29, 0.717) is 11.4 Å². The minimum Gasteiger partial charge on any atom is -0.456 e. The molecule has 0 unspecified atom stereocenters. The quantitative estimate of drug-likeness (QED) is 0.188. The molecule has 11 rings (SSSR count). The Labute approximate surface area is 298 Å². The highest BCUT2D eigenvalue weighted by molar-refractivity contribution is 6.17. The third kappa shape index (κ3) is 4.55. The molecule has 0 aliphatic carbocycles. The summed E-state index contributed by atoms with van der Waals surface area (Å²) in [5, 5.41) is 7.65. The number of benzene rings is 8. The van der Waals surface area contributed by atoms with E-state index in [2.05, 4.69) is 140 Å². The first kappa shape index (κ1) is 28.8. The monoisotopic (exact) mass is 664 g/mol. The predicted octanol–water partition coefficient (Wildman–Crippen LogP) is 13.2. The molecule has 4 nitrogen and oxygen atoms in total. The molecule has 8 aromatic carbocycles. The molecule has 0 atom stereocenters. The van der Waals surface area contributed by atoms with E-state index in [1.54, 1.807) is 0 Å². The average molecular weight is 665 g/mol. The summed E-state index contributed by atoms with van der Waals surface area (Å²) in [5.74, 6) is 0.645. The van der Waals surface area contributed by atoms with E-state index in [1.807, 2.05) is 30.3 Å². The molecule has 0 spiro atoms. The third-order valence-electron chi connectivity index (χ3n) is 10.2. The fraction of sp³-hybridized carbons (Fsp3) is 0. The second-order valence-electron chi connectivity index (χ2n) is 13.4. The summed E-state index contributed by atoms with van der Waals surface area (Å²) in [5.41, 5.74) is 11.0. The molecular formula is C48H28N2O2. The topological polar surface area (TPSA) is 52.1 Å². The first-order valence-electron chi connectivity index (χ1n) is 17.5. The number of fused-ring (bicyclic) bond motifs is 8. The number of aromatic nitrogens is 2. The molecule has 0 aliphatic heterocycles. The zero-order valence-corrected chi connectivity index (χ0v) is 27.9. The fourth-order valence-corrected chi connectivity index (χ4v) is 7.67. The normalized spacial score (nSPS) is 11.8. The SMILES string of the molecule is c1ccc(-c2ccc3cc(-c4cc(-c5nc(-c6ccc7ccccc7c6)nc6c5oc5ccccc56)c5c(c4)oc4ccccc45)ccc3c2)cc1. The van der Waals surface area contributed by atoms with Crippen molar-refractivity contribution in [2.45, 2.75) is 0 Å². The van der Waals surface area contributed by atoms with Crippen LogP contribution in [0.15, 0.2) is 179 Å². The Kier molecular flexibility index (Phi) is 6.22. The highest BCUT2D eigenvalue weighted by Gasteiger charge is 2.23. The van der Waals surface area contributed by atoms with Crippen LogP contribution in [0.1, 0.15) is 0 Å². The summed E-state index contributed by atoms with van der Waals surface area (Å²) >= 11 is 0. The van der Waals surface area contributed by atoms with Gasteiger partial charge in [-0.2, -0.15) is 0 Å². The van der Waals surface area contributed by atoms with Gasteiger partial charge in [-0.3, -0.25) is 0 Å². The van der Waals surface area contributed by atoms with Gasteiger partial charge in [-0.15, -0.1) is 0 Å². The smallest absolute Gasteiger partial charge is 0.180 e. The van der Waals surface area contributed by atoms with Gasteiger partial charge in [-0.1, -0.05) is 121 Å². The van der Waals surface area contributed by atoms with Crippen LogP contribution in [0.3, 0.4) is 0 Å². The Morgan fingerprint density at radius 1 is 0.365 bits per heavy atom. The lowest BCUT2D eigenvalue weighted by molar-refractivity contribution is 0.667. The van der Waals surface area contributed by atoms with Gasteiger partial charge in [0.15, 0.2) is 11.4 Å². The lowest BCUT2D eigenvalue weighted by Gasteiger charge is -2.11. The van der Waals surface area contributed by atoms with Gasteiger partial charge < -0.3 is 8.83 Å². The molecule has 3 aromatic heterocycles. The van der Waals surface area contributed by atoms with Gasteiger partial charge in [0.1, 0.15) is 28.0 Å². The Balaban J connectivity index is 1.17.